The van der Waals surface area contributed by atoms with Crippen LogP contribution in [0.1, 0.15) is 25.6 Å². The molecule has 1 heterocycles. The zero-order chi connectivity index (χ0) is 18.2. The predicted molar refractivity (Wildman–Crippen MR) is 99.3 cm³/mol. The molecule has 1 aromatic heterocycles. The summed E-state index contributed by atoms with van der Waals surface area (Å²) in [6.07, 6.45) is 1.64. The van der Waals surface area contributed by atoms with Crippen LogP contribution in [0.25, 0.3) is 0 Å². The SMILES string of the molecule is CCN(CC)C(CNC(=O)COc1ccc(Cl)cc1Cl)c1ccco1. The number of nitrogens with one attached hydrogen (secondary N) is 1. The maximum Gasteiger partial charge on any atom is 0.258 e. The number of rotatable bonds is 9. The van der Waals surface area contributed by atoms with Gasteiger partial charge >= 0.3 is 0 Å². The van der Waals surface area contributed by atoms with Gasteiger partial charge in [-0.1, -0.05) is 37.0 Å². The molecule has 1 aromatic carbocycles. The van der Waals surface area contributed by atoms with Crippen LogP contribution in [0.5, 0.6) is 5.75 Å². The highest BCUT2D eigenvalue weighted by atomic mass is 35.5. The summed E-state index contributed by atoms with van der Waals surface area (Å²) in [6.45, 7) is 6.18. The fourth-order valence-electron chi connectivity index (χ4n) is 2.55. The van der Waals surface area contributed by atoms with Crippen molar-refractivity contribution in [2.75, 3.05) is 26.2 Å². The molecule has 25 heavy (non-hydrogen) atoms. The van der Waals surface area contributed by atoms with Crippen molar-refractivity contribution in [1.29, 1.82) is 0 Å². The molecule has 1 amide bonds. The molecule has 0 saturated heterocycles. The lowest BCUT2D eigenvalue weighted by molar-refractivity contribution is -0.123. The van der Waals surface area contributed by atoms with Crippen LogP contribution in [0.15, 0.2) is 41.0 Å². The molecular formula is C18H22Cl2N2O3. The van der Waals surface area contributed by atoms with Gasteiger partial charge in [-0.25, -0.2) is 0 Å². The minimum Gasteiger partial charge on any atom is -0.482 e. The molecule has 136 valence electrons. The Bertz CT molecular complexity index is 673. The highest BCUT2D eigenvalue weighted by Gasteiger charge is 2.21. The van der Waals surface area contributed by atoms with Crippen LogP contribution in [0.4, 0.5) is 0 Å². The van der Waals surface area contributed by atoms with E-state index in [9.17, 15) is 4.79 Å². The van der Waals surface area contributed by atoms with Crippen molar-refractivity contribution in [2.24, 2.45) is 0 Å². The fourth-order valence-corrected chi connectivity index (χ4v) is 3.02. The van der Waals surface area contributed by atoms with Crippen LogP contribution < -0.4 is 10.1 Å². The van der Waals surface area contributed by atoms with Gasteiger partial charge in [0.05, 0.1) is 17.3 Å². The minimum absolute atomic E-state index is 0.0203. The van der Waals surface area contributed by atoms with Crippen LogP contribution in [-0.4, -0.2) is 37.0 Å². The van der Waals surface area contributed by atoms with E-state index in [-0.39, 0.29) is 18.6 Å². The average molecular weight is 385 g/mol. The van der Waals surface area contributed by atoms with E-state index in [0.717, 1.165) is 18.8 Å². The normalized spacial score (nSPS) is 12.2. The molecule has 2 aromatic rings. The van der Waals surface area contributed by atoms with Crippen LogP contribution in [0.3, 0.4) is 0 Å². The van der Waals surface area contributed by atoms with E-state index in [1.54, 1.807) is 24.5 Å². The summed E-state index contributed by atoms with van der Waals surface area (Å²) in [5.74, 6) is 1.02. The molecule has 0 aliphatic carbocycles. The average Bonchev–Trinajstić information content (AvgIpc) is 3.12. The Hall–Kier alpha value is -1.69. The van der Waals surface area contributed by atoms with Gasteiger partial charge in [0.1, 0.15) is 11.5 Å². The third kappa shape index (κ3) is 5.66. The quantitative estimate of drug-likeness (QED) is 0.704. The molecule has 0 aliphatic rings. The highest BCUT2D eigenvalue weighted by molar-refractivity contribution is 6.35. The number of hydrogen-bond donors (Lipinski definition) is 1. The number of ether oxygens (including phenoxy) is 1. The van der Waals surface area contributed by atoms with Gasteiger partial charge in [-0.15, -0.1) is 0 Å². The van der Waals surface area contributed by atoms with E-state index < -0.39 is 0 Å². The van der Waals surface area contributed by atoms with Gasteiger partial charge < -0.3 is 14.5 Å². The standard InChI is InChI=1S/C18H22Cl2N2O3/c1-3-22(4-2)15(17-6-5-9-24-17)11-21-18(23)12-25-16-8-7-13(19)10-14(16)20/h5-10,15H,3-4,11-12H2,1-2H3,(H,21,23). The Morgan fingerprint density at radius 3 is 2.64 bits per heavy atom. The predicted octanol–water partition coefficient (Wildman–Crippen LogP) is 4.16. The van der Waals surface area contributed by atoms with Gasteiger partial charge in [-0.3, -0.25) is 9.69 Å². The topological polar surface area (TPSA) is 54.7 Å². The molecule has 0 aliphatic heterocycles. The minimum atomic E-state index is -0.227. The van der Waals surface area contributed by atoms with Crippen LogP contribution in [0, 0.1) is 0 Å². The van der Waals surface area contributed by atoms with E-state index in [1.807, 2.05) is 12.1 Å². The third-order valence-electron chi connectivity index (χ3n) is 3.87. The van der Waals surface area contributed by atoms with Gasteiger partial charge in [0.15, 0.2) is 6.61 Å². The van der Waals surface area contributed by atoms with Crippen molar-refractivity contribution >= 4 is 29.1 Å². The van der Waals surface area contributed by atoms with E-state index >= 15 is 0 Å². The lowest BCUT2D eigenvalue weighted by Crippen LogP contribution is -2.39. The first-order chi connectivity index (χ1) is 12.0. The molecular weight excluding hydrogens is 363 g/mol. The second-order valence-electron chi connectivity index (χ2n) is 5.42. The zero-order valence-electron chi connectivity index (χ0n) is 14.3. The van der Waals surface area contributed by atoms with E-state index in [0.29, 0.717) is 22.3 Å². The van der Waals surface area contributed by atoms with Gasteiger partial charge in [0, 0.05) is 11.6 Å². The second kappa shape index (κ2) is 9.70. The maximum absolute atomic E-state index is 12.1. The number of carbonyl (C=O) groups is 1. The number of furan rings is 1. The third-order valence-corrected chi connectivity index (χ3v) is 4.40. The maximum atomic E-state index is 12.1. The largest absolute Gasteiger partial charge is 0.482 e. The number of likely N-dealkylation sites (N-methyl/N-ethyl adjacent to an activating group) is 1. The summed E-state index contributed by atoms with van der Waals surface area (Å²) in [4.78, 5) is 14.3. The van der Waals surface area contributed by atoms with Crippen molar-refractivity contribution in [2.45, 2.75) is 19.9 Å². The number of hydrogen-bond acceptors (Lipinski definition) is 4. The molecule has 0 radical (unpaired) electrons. The summed E-state index contributed by atoms with van der Waals surface area (Å²) in [5.41, 5.74) is 0. The molecule has 0 bridgehead atoms. The Morgan fingerprint density at radius 1 is 1.28 bits per heavy atom. The molecule has 0 fully saturated rings. The molecule has 7 heteroatoms. The number of benzene rings is 1. The zero-order valence-corrected chi connectivity index (χ0v) is 15.8. The van der Waals surface area contributed by atoms with Crippen LogP contribution >= 0.6 is 23.2 Å². The number of halogens is 2. The second-order valence-corrected chi connectivity index (χ2v) is 6.26. The number of nitrogens with zero attached hydrogens (tertiary/aromatic N) is 1. The Labute approximate surface area is 157 Å². The Balaban J connectivity index is 1.90. The Morgan fingerprint density at radius 2 is 2.04 bits per heavy atom. The monoisotopic (exact) mass is 384 g/mol. The summed E-state index contributed by atoms with van der Waals surface area (Å²) in [5, 5.41) is 3.77. The summed E-state index contributed by atoms with van der Waals surface area (Å²) < 4.78 is 11.0. The van der Waals surface area contributed by atoms with Gasteiger partial charge in [0.2, 0.25) is 0 Å². The van der Waals surface area contributed by atoms with E-state index in [2.05, 4.69) is 24.1 Å². The number of carbonyl (C=O) groups excluding carboxylic acids is 1. The lowest BCUT2D eigenvalue weighted by atomic mass is 10.2. The molecule has 1 atom stereocenters. The van der Waals surface area contributed by atoms with Crippen molar-refractivity contribution in [3.05, 3.63) is 52.4 Å². The Kier molecular flexibility index (Phi) is 7.62. The van der Waals surface area contributed by atoms with Crippen molar-refractivity contribution in [1.82, 2.24) is 10.2 Å². The van der Waals surface area contributed by atoms with Crippen molar-refractivity contribution in [3.63, 3.8) is 0 Å². The smallest absolute Gasteiger partial charge is 0.258 e. The first-order valence-electron chi connectivity index (χ1n) is 8.17. The molecule has 1 unspecified atom stereocenters. The van der Waals surface area contributed by atoms with E-state index in [1.165, 1.54) is 0 Å². The first kappa shape index (κ1) is 19.6. The summed E-state index contributed by atoms with van der Waals surface area (Å²) in [7, 11) is 0. The van der Waals surface area contributed by atoms with Crippen LogP contribution in [0.2, 0.25) is 10.0 Å². The first-order valence-corrected chi connectivity index (χ1v) is 8.92. The highest BCUT2D eigenvalue weighted by Crippen LogP contribution is 2.27. The number of amides is 1. The fraction of sp³-hybridized carbons (Fsp3) is 0.389. The van der Waals surface area contributed by atoms with E-state index in [4.69, 9.17) is 32.4 Å². The summed E-state index contributed by atoms with van der Waals surface area (Å²) >= 11 is 11.9. The van der Waals surface area contributed by atoms with Crippen molar-refractivity contribution in [3.8, 4) is 5.75 Å². The molecule has 2 rings (SSSR count). The lowest BCUT2D eigenvalue weighted by Gasteiger charge is -2.28. The van der Waals surface area contributed by atoms with Gasteiger partial charge in [-0.2, -0.15) is 0 Å². The van der Waals surface area contributed by atoms with Gasteiger partial charge in [-0.05, 0) is 43.4 Å². The molecule has 0 spiro atoms. The summed E-state index contributed by atoms with van der Waals surface area (Å²) in [6, 6.07) is 8.61. The molecule has 5 nitrogen and oxygen atoms in total. The van der Waals surface area contributed by atoms with Crippen LogP contribution in [-0.2, 0) is 4.79 Å². The van der Waals surface area contributed by atoms with Gasteiger partial charge in [0.25, 0.3) is 5.91 Å². The molecule has 0 saturated carbocycles. The van der Waals surface area contributed by atoms with Crippen molar-refractivity contribution < 1.29 is 13.9 Å². The molecule has 1 N–H and O–H groups in total.